The molecular formula is C15H14F3NO. The maximum Gasteiger partial charge on any atom is 0.416 e. The number of anilines is 1. The van der Waals surface area contributed by atoms with Gasteiger partial charge in [0.05, 0.1) is 5.56 Å². The van der Waals surface area contributed by atoms with Crippen LogP contribution >= 0.6 is 0 Å². The van der Waals surface area contributed by atoms with Gasteiger partial charge in [-0.1, -0.05) is 18.2 Å². The molecule has 0 saturated carbocycles. The van der Waals surface area contributed by atoms with Crippen molar-refractivity contribution in [3.63, 3.8) is 0 Å². The third kappa shape index (κ3) is 4.19. The van der Waals surface area contributed by atoms with E-state index >= 15 is 0 Å². The molecule has 0 aromatic heterocycles. The number of hydrogen-bond donors (Lipinski definition) is 1. The lowest BCUT2D eigenvalue weighted by Gasteiger charge is -2.10. The maximum absolute atomic E-state index is 12.4. The maximum atomic E-state index is 12.4. The van der Waals surface area contributed by atoms with Gasteiger partial charge < -0.3 is 10.1 Å². The van der Waals surface area contributed by atoms with Crippen molar-refractivity contribution in [3.8, 4) is 5.75 Å². The van der Waals surface area contributed by atoms with Gasteiger partial charge >= 0.3 is 6.18 Å². The fourth-order valence-electron chi connectivity index (χ4n) is 1.66. The Morgan fingerprint density at radius 1 is 0.900 bits per heavy atom. The van der Waals surface area contributed by atoms with Gasteiger partial charge in [0.2, 0.25) is 0 Å². The number of hydrogen-bond acceptors (Lipinski definition) is 2. The molecule has 2 nitrogen and oxygen atoms in total. The van der Waals surface area contributed by atoms with Crippen molar-refractivity contribution in [1.82, 2.24) is 0 Å². The minimum absolute atomic E-state index is 0.375. The summed E-state index contributed by atoms with van der Waals surface area (Å²) in [5.41, 5.74) is 0.302. The normalized spacial score (nSPS) is 11.2. The summed E-state index contributed by atoms with van der Waals surface area (Å²) in [5, 5.41) is 3.15. The second-order valence-electron chi connectivity index (χ2n) is 4.16. The lowest BCUT2D eigenvalue weighted by molar-refractivity contribution is -0.137. The lowest BCUT2D eigenvalue weighted by atomic mass is 10.2. The molecule has 1 N–H and O–H groups in total. The van der Waals surface area contributed by atoms with E-state index in [1.165, 1.54) is 12.1 Å². The van der Waals surface area contributed by atoms with E-state index in [-0.39, 0.29) is 0 Å². The average molecular weight is 281 g/mol. The summed E-state index contributed by atoms with van der Waals surface area (Å²) >= 11 is 0. The second kappa shape index (κ2) is 6.32. The van der Waals surface area contributed by atoms with Gasteiger partial charge in [0.25, 0.3) is 0 Å². The molecule has 2 aromatic rings. The van der Waals surface area contributed by atoms with E-state index in [9.17, 15) is 13.2 Å². The minimum Gasteiger partial charge on any atom is -0.492 e. The Morgan fingerprint density at radius 2 is 1.55 bits per heavy atom. The lowest BCUT2D eigenvalue weighted by Crippen LogP contribution is -2.11. The summed E-state index contributed by atoms with van der Waals surface area (Å²) in [5.74, 6) is 0.424. The minimum atomic E-state index is -4.31. The monoisotopic (exact) mass is 281 g/mol. The molecule has 0 saturated heterocycles. The van der Waals surface area contributed by atoms with Crippen LogP contribution in [0.2, 0.25) is 0 Å². The van der Waals surface area contributed by atoms with Crippen LogP contribution in [0.15, 0.2) is 54.6 Å². The van der Waals surface area contributed by atoms with Crippen molar-refractivity contribution in [2.75, 3.05) is 18.5 Å². The summed E-state index contributed by atoms with van der Waals surface area (Å²) in [6.45, 7) is 0.950. The van der Waals surface area contributed by atoms with Crippen molar-refractivity contribution < 1.29 is 17.9 Å². The van der Waals surface area contributed by atoms with Crippen LogP contribution in [-0.4, -0.2) is 13.2 Å². The van der Waals surface area contributed by atoms with Gasteiger partial charge in [0.1, 0.15) is 12.4 Å². The van der Waals surface area contributed by atoms with Crippen molar-refractivity contribution in [2.45, 2.75) is 6.18 Å². The summed E-state index contributed by atoms with van der Waals surface area (Å²) in [4.78, 5) is 0. The van der Waals surface area contributed by atoms with E-state index < -0.39 is 11.7 Å². The van der Waals surface area contributed by atoms with Gasteiger partial charge in [-0.25, -0.2) is 0 Å². The first kappa shape index (κ1) is 14.2. The van der Waals surface area contributed by atoms with Crippen LogP contribution in [0.25, 0.3) is 0 Å². The van der Waals surface area contributed by atoms with E-state index in [0.717, 1.165) is 17.8 Å². The van der Waals surface area contributed by atoms with E-state index in [0.29, 0.717) is 18.9 Å². The topological polar surface area (TPSA) is 21.3 Å². The Labute approximate surface area is 115 Å². The predicted octanol–water partition coefficient (Wildman–Crippen LogP) is 4.20. The SMILES string of the molecule is FC(F)(F)c1ccc(OCCNc2ccccc2)cc1. The van der Waals surface area contributed by atoms with Crippen molar-refractivity contribution in [1.29, 1.82) is 0 Å². The van der Waals surface area contributed by atoms with Crippen LogP contribution in [0, 0.1) is 0 Å². The van der Waals surface area contributed by atoms with Gasteiger partial charge in [-0.2, -0.15) is 13.2 Å². The highest BCUT2D eigenvalue weighted by Gasteiger charge is 2.29. The zero-order valence-corrected chi connectivity index (χ0v) is 10.7. The number of para-hydroxylation sites is 1. The standard InChI is InChI=1S/C15H14F3NO/c16-15(17,18)12-6-8-14(9-7-12)20-11-10-19-13-4-2-1-3-5-13/h1-9,19H,10-11H2. The predicted molar refractivity (Wildman–Crippen MR) is 71.9 cm³/mol. The fraction of sp³-hybridized carbons (Fsp3) is 0.200. The first-order valence-electron chi connectivity index (χ1n) is 6.15. The fourth-order valence-corrected chi connectivity index (χ4v) is 1.66. The van der Waals surface area contributed by atoms with Gasteiger partial charge in [0, 0.05) is 12.2 Å². The third-order valence-electron chi connectivity index (χ3n) is 2.66. The molecule has 0 atom stereocenters. The number of halogens is 3. The van der Waals surface area contributed by atoms with E-state index in [1.54, 1.807) is 0 Å². The van der Waals surface area contributed by atoms with Crippen LogP contribution in [0.3, 0.4) is 0 Å². The molecule has 0 amide bonds. The van der Waals surface area contributed by atoms with Crippen LogP contribution in [-0.2, 0) is 6.18 Å². The molecule has 2 rings (SSSR count). The van der Waals surface area contributed by atoms with Crippen molar-refractivity contribution in [3.05, 3.63) is 60.2 Å². The summed E-state index contributed by atoms with van der Waals surface area (Å²) in [6.07, 6.45) is -4.31. The Bertz CT molecular complexity index is 523. The molecule has 0 aliphatic heterocycles. The molecule has 0 aliphatic carbocycles. The van der Waals surface area contributed by atoms with Crippen LogP contribution in [0.5, 0.6) is 5.75 Å². The molecule has 0 bridgehead atoms. The molecule has 0 spiro atoms. The van der Waals surface area contributed by atoms with Crippen molar-refractivity contribution >= 4 is 5.69 Å². The molecule has 106 valence electrons. The van der Waals surface area contributed by atoms with Crippen LogP contribution in [0.4, 0.5) is 18.9 Å². The van der Waals surface area contributed by atoms with Gasteiger partial charge in [-0.05, 0) is 36.4 Å². The summed E-state index contributed by atoms with van der Waals surface area (Å²) in [6, 6.07) is 14.3. The number of ether oxygens (including phenoxy) is 1. The molecule has 0 aliphatic rings. The largest absolute Gasteiger partial charge is 0.492 e. The van der Waals surface area contributed by atoms with E-state index in [1.807, 2.05) is 30.3 Å². The zero-order valence-electron chi connectivity index (χ0n) is 10.7. The Kier molecular flexibility index (Phi) is 4.50. The molecule has 0 radical (unpaired) electrons. The number of alkyl halides is 3. The van der Waals surface area contributed by atoms with Gasteiger partial charge in [0.15, 0.2) is 0 Å². The first-order valence-corrected chi connectivity index (χ1v) is 6.15. The third-order valence-corrected chi connectivity index (χ3v) is 2.66. The molecule has 0 fully saturated rings. The van der Waals surface area contributed by atoms with Gasteiger partial charge in [-0.15, -0.1) is 0 Å². The highest BCUT2D eigenvalue weighted by molar-refractivity contribution is 5.42. The molecule has 20 heavy (non-hydrogen) atoms. The second-order valence-corrected chi connectivity index (χ2v) is 4.16. The highest BCUT2D eigenvalue weighted by atomic mass is 19.4. The molecule has 5 heteroatoms. The summed E-state index contributed by atoms with van der Waals surface area (Å²) < 4.78 is 42.5. The Hall–Kier alpha value is -2.17. The quantitative estimate of drug-likeness (QED) is 0.829. The number of rotatable bonds is 5. The number of nitrogens with one attached hydrogen (secondary N) is 1. The molecule has 0 unspecified atom stereocenters. The highest BCUT2D eigenvalue weighted by Crippen LogP contribution is 2.30. The van der Waals surface area contributed by atoms with Crippen LogP contribution in [0.1, 0.15) is 5.56 Å². The molecule has 2 aromatic carbocycles. The zero-order chi connectivity index (χ0) is 14.4. The van der Waals surface area contributed by atoms with E-state index in [2.05, 4.69) is 5.32 Å². The number of benzene rings is 2. The molecular weight excluding hydrogens is 267 g/mol. The van der Waals surface area contributed by atoms with Crippen LogP contribution < -0.4 is 10.1 Å². The average Bonchev–Trinajstić information content (AvgIpc) is 2.44. The van der Waals surface area contributed by atoms with E-state index in [4.69, 9.17) is 4.74 Å². The molecule has 0 heterocycles. The Morgan fingerprint density at radius 3 is 2.15 bits per heavy atom. The van der Waals surface area contributed by atoms with Gasteiger partial charge in [-0.3, -0.25) is 0 Å². The first-order chi connectivity index (χ1) is 9.55. The van der Waals surface area contributed by atoms with Crippen molar-refractivity contribution in [2.24, 2.45) is 0 Å². The smallest absolute Gasteiger partial charge is 0.416 e. The Balaban J connectivity index is 1.77. The summed E-state index contributed by atoms with van der Waals surface area (Å²) in [7, 11) is 0.